The first-order valence-corrected chi connectivity index (χ1v) is 8.33. The highest BCUT2D eigenvalue weighted by Gasteiger charge is 2.21. The topological polar surface area (TPSA) is 41.6 Å². The minimum atomic E-state index is -0.262. The van der Waals surface area contributed by atoms with Crippen molar-refractivity contribution >= 4 is 6.09 Å². The number of hydrogen-bond donors (Lipinski definition) is 1. The molecular weight excluding hydrogens is 276 g/mol. The molecule has 0 saturated carbocycles. The van der Waals surface area contributed by atoms with Crippen LogP contribution in [0.15, 0.2) is 30.3 Å². The van der Waals surface area contributed by atoms with Crippen molar-refractivity contribution in [1.29, 1.82) is 0 Å². The number of ether oxygens (including phenoxy) is 1. The Balaban J connectivity index is 1.63. The Morgan fingerprint density at radius 1 is 1.27 bits per heavy atom. The number of piperidine rings is 1. The van der Waals surface area contributed by atoms with E-state index in [1.807, 2.05) is 6.07 Å². The second-order valence-corrected chi connectivity index (χ2v) is 6.50. The van der Waals surface area contributed by atoms with Crippen LogP contribution in [0.4, 0.5) is 4.79 Å². The van der Waals surface area contributed by atoms with Crippen LogP contribution in [0.25, 0.3) is 0 Å². The van der Waals surface area contributed by atoms with Gasteiger partial charge in [-0.05, 0) is 30.7 Å². The van der Waals surface area contributed by atoms with Gasteiger partial charge in [0.15, 0.2) is 0 Å². The number of carbonyl (C=O) groups is 1. The molecule has 1 aromatic carbocycles. The van der Waals surface area contributed by atoms with Crippen LogP contribution in [0.1, 0.15) is 38.7 Å². The van der Waals surface area contributed by atoms with E-state index in [2.05, 4.69) is 48.3 Å². The molecule has 0 spiro atoms. The molecule has 1 fully saturated rings. The summed E-state index contributed by atoms with van der Waals surface area (Å²) < 4.78 is 5.21. The lowest BCUT2D eigenvalue weighted by atomic mass is 10.0. The van der Waals surface area contributed by atoms with Crippen molar-refractivity contribution in [2.45, 2.75) is 45.7 Å². The van der Waals surface area contributed by atoms with Crippen molar-refractivity contribution in [3.8, 4) is 0 Å². The average Bonchev–Trinajstić information content (AvgIpc) is 2.50. The second-order valence-electron chi connectivity index (χ2n) is 6.50. The van der Waals surface area contributed by atoms with E-state index in [-0.39, 0.29) is 12.1 Å². The maximum absolute atomic E-state index is 11.7. The van der Waals surface area contributed by atoms with Gasteiger partial charge in [-0.25, -0.2) is 4.79 Å². The van der Waals surface area contributed by atoms with Gasteiger partial charge in [0.25, 0.3) is 0 Å². The van der Waals surface area contributed by atoms with Crippen LogP contribution in [0.2, 0.25) is 0 Å². The molecule has 1 heterocycles. The molecule has 1 saturated heterocycles. The van der Waals surface area contributed by atoms with Crippen molar-refractivity contribution < 1.29 is 9.53 Å². The predicted octanol–water partition coefficient (Wildman–Crippen LogP) is 3.42. The number of nitrogens with zero attached hydrogens (tertiary/aromatic N) is 1. The second kappa shape index (κ2) is 8.79. The summed E-state index contributed by atoms with van der Waals surface area (Å²) in [6.07, 6.45) is 2.64. The van der Waals surface area contributed by atoms with Crippen LogP contribution in [-0.4, -0.2) is 36.7 Å². The molecule has 22 heavy (non-hydrogen) atoms. The Bertz CT molecular complexity index is 440. The molecule has 0 unspecified atom stereocenters. The number of rotatable bonds is 6. The minimum absolute atomic E-state index is 0.249. The molecule has 0 atom stereocenters. The Hall–Kier alpha value is -1.55. The Kier molecular flexibility index (Phi) is 6.72. The Labute approximate surface area is 133 Å². The van der Waals surface area contributed by atoms with Crippen LogP contribution in [0.5, 0.6) is 0 Å². The summed E-state index contributed by atoms with van der Waals surface area (Å²) >= 11 is 0. The zero-order valence-corrected chi connectivity index (χ0v) is 13.8. The number of hydrogen-bond acceptors (Lipinski definition) is 3. The van der Waals surface area contributed by atoms with Crippen molar-refractivity contribution in [1.82, 2.24) is 10.2 Å². The van der Waals surface area contributed by atoms with Gasteiger partial charge in [-0.1, -0.05) is 44.2 Å². The lowest BCUT2D eigenvalue weighted by molar-refractivity contribution is 0.127. The van der Waals surface area contributed by atoms with E-state index in [0.29, 0.717) is 12.5 Å². The van der Waals surface area contributed by atoms with Crippen LogP contribution >= 0.6 is 0 Å². The van der Waals surface area contributed by atoms with E-state index >= 15 is 0 Å². The lowest BCUT2D eigenvalue weighted by Gasteiger charge is -2.32. The molecule has 4 nitrogen and oxygen atoms in total. The van der Waals surface area contributed by atoms with Crippen LogP contribution in [-0.2, 0) is 11.3 Å². The van der Waals surface area contributed by atoms with E-state index in [4.69, 9.17) is 4.74 Å². The number of carbonyl (C=O) groups excluding carboxylic acids is 1. The maximum atomic E-state index is 11.7. The highest BCUT2D eigenvalue weighted by Crippen LogP contribution is 2.14. The van der Waals surface area contributed by atoms with E-state index in [1.54, 1.807) is 0 Å². The van der Waals surface area contributed by atoms with Gasteiger partial charge in [0, 0.05) is 25.7 Å². The quantitative estimate of drug-likeness (QED) is 0.875. The fraction of sp³-hybridized carbons (Fsp3) is 0.611. The zero-order chi connectivity index (χ0) is 15.8. The number of nitrogens with one attached hydrogen (secondary N) is 1. The molecule has 1 aliphatic heterocycles. The molecule has 4 heteroatoms. The molecule has 0 radical (unpaired) electrons. The molecule has 1 N–H and O–H groups in total. The summed E-state index contributed by atoms with van der Waals surface area (Å²) in [6, 6.07) is 10.8. The Morgan fingerprint density at radius 3 is 2.59 bits per heavy atom. The number of alkyl carbamates (subject to hydrolysis) is 1. The third-order valence-electron chi connectivity index (χ3n) is 4.09. The summed E-state index contributed by atoms with van der Waals surface area (Å²) in [6.45, 7) is 7.80. The standard InChI is InChI=1S/C18H28N2O2/c1-15(2)10-13-22-18(21)19-17-8-11-20(12-9-17)14-16-6-4-3-5-7-16/h3-7,15,17H,8-14H2,1-2H3,(H,19,21). The average molecular weight is 304 g/mol. The smallest absolute Gasteiger partial charge is 0.407 e. The highest BCUT2D eigenvalue weighted by atomic mass is 16.5. The molecule has 0 bridgehead atoms. The Morgan fingerprint density at radius 2 is 1.95 bits per heavy atom. The van der Waals surface area contributed by atoms with Gasteiger partial charge >= 0.3 is 6.09 Å². The first-order valence-electron chi connectivity index (χ1n) is 8.33. The van der Waals surface area contributed by atoms with Crippen LogP contribution in [0, 0.1) is 5.92 Å². The third kappa shape index (κ3) is 6.06. The van der Waals surface area contributed by atoms with Crippen molar-refractivity contribution in [2.75, 3.05) is 19.7 Å². The first-order chi connectivity index (χ1) is 10.6. The van der Waals surface area contributed by atoms with E-state index in [1.165, 1.54) is 5.56 Å². The molecule has 0 aliphatic carbocycles. The SMILES string of the molecule is CC(C)CCOC(=O)NC1CCN(Cc2ccccc2)CC1. The monoisotopic (exact) mass is 304 g/mol. The number of benzene rings is 1. The van der Waals surface area contributed by atoms with E-state index in [0.717, 1.165) is 38.9 Å². The summed E-state index contributed by atoms with van der Waals surface area (Å²) in [7, 11) is 0. The van der Waals surface area contributed by atoms with Gasteiger partial charge in [-0.2, -0.15) is 0 Å². The molecular formula is C18H28N2O2. The number of amides is 1. The highest BCUT2D eigenvalue weighted by molar-refractivity contribution is 5.67. The molecule has 122 valence electrons. The van der Waals surface area contributed by atoms with Gasteiger partial charge in [0.1, 0.15) is 0 Å². The fourth-order valence-corrected chi connectivity index (χ4v) is 2.67. The summed E-state index contributed by atoms with van der Waals surface area (Å²) in [5, 5.41) is 2.99. The molecule has 1 aromatic rings. The minimum Gasteiger partial charge on any atom is -0.450 e. The predicted molar refractivity (Wildman–Crippen MR) is 88.7 cm³/mol. The lowest BCUT2D eigenvalue weighted by Crippen LogP contribution is -2.44. The van der Waals surface area contributed by atoms with Crippen molar-refractivity contribution in [3.05, 3.63) is 35.9 Å². The van der Waals surface area contributed by atoms with Gasteiger partial charge in [-0.3, -0.25) is 4.90 Å². The summed E-state index contributed by atoms with van der Waals surface area (Å²) in [4.78, 5) is 14.2. The van der Waals surface area contributed by atoms with Gasteiger partial charge in [-0.15, -0.1) is 0 Å². The molecule has 2 rings (SSSR count). The maximum Gasteiger partial charge on any atom is 0.407 e. The normalized spacial score (nSPS) is 16.7. The summed E-state index contributed by atoms with van der Waals surface area (Å²) in [5.74, 6) is 0.564. The van der Waals surface area contributed by atoms with Gasteiger partial charge < -0.3 is 10.1 Å². The molecule has 1 aliphatic rings. The van der Waals surface area contributed by atoms with Crippen molar-refractivity contribution in [2.24, 2.45) is 5.92 Å². The summed E-state index contributed by atoms with van der Waals surface area (Å²) in [5.41, 5.74) is 1.35. The molecule has 1 amide bonds. The third-order valence-corrected chi connectivity index (χ3v) is 4.09. The van der Waals surface area contributed by atoms with Gasteiger partial charge in [0.2, 0.25) is 0 Å². The zero-order valence-electron chi connectivity index (χ0n) is 13.8. The van der Waals surface area contributed by atoms with E-state index in [9.17, 15) is 4.79 Å². The van der Waals surface area contributed by atoms with Crippen LogP contribution < -0.4 is 5.32 Å². The van der Waals surface area contributed by atoms with E-state index < -0.39 is 0 Å². The van der Waals surface area contributed by atoms with Crippen molar-refractivity contribution in [3.63, 3.8) is 0 Å². The largest absolute Gasteiger partial charge is 0.450 e. The number of likely N-dealkylation sites (tertiary alicyclic amines) is 1. The molecule has 0 aromatic heterocycles. The first kappa shape index (κ1) is 16.8. The fourth-order valence-electron chi connectivity index (χ4n) is 2.67. The van der Waals surface area contributed by atoms with Gasteiger partial charge in [0.05, 0.1) is 6.61 Å². The van der Waals surface area contributed by atoms with Crippen LogP contribution in [0.3, 0.4) is 0 Å².